The van der Waals surface area contributed by atoms with Crippen molar-refractivity contribution in [1.82, 2.24) is 4.31 Å². The van der Waals surface area contributed by atoms with Gasteiger partial charge in [-0.15, -0.1) is 0 Å². The van der Waals surface area contributed by atoms with Crippen LogP contribution in [0, 0.1) is 10.1 Å². The van der Waals surface area contributed by atoms with E-state index in [-0.39, 0.29) is 27.9 Å². The van der Waals surface area contributed by atoms with Crippen LogP contribution in [-0.4, -0.2) is 43.6 Å². The highest BCUT2D eigenvalue weighted by molar-refractivity contribution is 7.89. The third-order valence-electron chi connectivity index (χ3n) is 4.62. The van der Waals surface area contributed by atoms with Crippen molar-refractivity contribution in [3.8, 4) is 17.2 Å². The summed E-state index contributed by atoms with van der Waals surface area (Å²) in [5, 5.41) is 11.6. The zero-order chi connectivity index (χ0) is 21.2. The van der Waals surface area contributed by atoms with E-state index in [0.717, 1.165) is 18.9 Å². The second kappa shape index (κ2) is 8.18. The van der Waals surface area contributed by atoms with Crippen LogP contribution in [0.1, 0.15) is 30.1 Å². The van der Waals surface area contributed by atoms with Gasteiger partial charge in [0.1, 0.15) is 0 Å². The molecule has 10 heteroatoms. The Kier molecular flexibility index (Phi) is 5.85. The van der Waals surface area contributed by atoms with Crippen LogP contribution in [0.15, 0.2) is 41.3 Å². The van der Waals surface area contributed by atoms with Crippen molar-refractivity contribution < 1.29 is 27.6 Å². The van der Waals surface area contributed by atoms with Gasteiger partial charge in [0.2, 0.25) is 15.8 Å². The van der Waals surface area contributed by atoms with Crippen molar-refractivity contribution >= 4 is 21.5 Å². The molecule has 1 aliphatic rings. The van der Waals surface area contributed by atoms with Crippen LogP contribution in [0.25, 0.3) is 0 Å². The van der Waals surface area contributed by atoms with Gasteiger partial charge in [-0.25, -0.2) is 8.42 Å². The molecule has 2 aromatic rings. The molecule has 0 saturated carbocycles. The largest absolute Gasteiger partial charge is 0.493 e. The first kappa shape index (κ1) is 20.7. The summed E-state index contributed by atoms with van der Waals surface area (Å²) in [6.07, 6.45) is 1.52. The van der Waals surface area contributed by atoms with E-state index >= 15 is 0 Å². The van der Waals surface area contributed by atoms with Crippen molar-refractivity contribution in [2.75, 3.05) is 20.2 Å². The number of ether oxygens (including phenoxy) is 2. The number of nitrogens with zero attached hydrogens (tertiary/aromatic N) is 2. The second-order valence-electron chi connectivity index (χ2n) is 6.52. The lowest BCUT2D eigenvalue weighted by Crippen LogP contribution is -2.27. The molecule has 0 radical (unpaired) electrons. The Morgan fingerprint density at radius 3 is 2.31 bits per heavy atom. The number of rotatable bonds is 7. The summed E-state index contributed by atoms with van der Waals surface area (Å²) < 4.78 is 37.5. The first-order valence-electron chi connectivity index (χ1n) is 8.89. The highest BCUT2D eigenvalue weighted by Gasteiger charge is 2.30. The van der Waals surface area contributed by atoms with Crippen molar-refractivity contribution in [2.24, 2.45) is 0 Å². The maximum absolute atomic E-state index is 12.7. The van der Waals surface area contributed by atoms with Crippen LogP contribution in [-0.2, 0) is 10.0 Å². The Balaban J connectivity index is 1.98. The molecule has 0 atom stereocenters. The van der Waals surface area contributed by atoms with Crippen LogP contribution in [0.4, 0.5) is 5.69 Å². The van der Waals surface area contributed by atoms with E-state index in [2.05, 4.69) is 0 Å². The number of nitro groups is 1. The predicted molar refractivity (Wildman–Crippen MR) is 104 cm³/mol. The van der Waals surface area contributed by atoms with Gasteiger partial charge in [-0.3, -0.25) is 14.9 Å². The van der Waals surface area contributed by atoms with E-state index in [4.69, 9.17) is 9.47 Å². The summed E-state index contributed by atoms with van der Waals surface area (Å²) in [5.74, 6) is 0.0815. The number of ketones is 1. The maximum Gasteiger partial charge on any atom is 0.312 e. The quantitative estimate of drug-likeness (QED) is 0.383. The predicted octanol–water partition coefficient (Wildman–Crippen LogP) is 3.38. The Hall–Kier alpha value is -2.98. The molecule has 0 amide bonds. The minimum atomic E-state index is -3.80. The Bertz CT molecular complexity index is 1060. The zero-order valence-corrected chi connectivity index (χ0v) is 16.8. The number of carbonyl (C=O) groups is 1. The van der Waals surface area contributed by atoms with Crippen LogP contribution in [0.5, 0.6) is 17.2 Å². The molecule has 0 unspecified atom stereocenters. The molecule has 1 saturated heterocycles. The van der Waals surface area contributed by atoms with Crippen molar-refractivity contribution in [3.05, 3.63) is 52.1 Å². The molecule has 1 heterocycles. The Labute approximate surface area is 168 Å². The maximum atomic E-state index is 12.7. The third-order valence-corrected chi connectivity index (χ3v) is 6.51. The van der Waals surface area contributed by atoms with Gasteiger partial charge in [-0.1, -0.05) is 0 Å². The summed E-state index contributed by atoms with van der Waals surface area (Å²) in [7, 11) is -2.42. The number of hydrogen-bond acceptors (Lipinski definition) is 7. The van der Waals surface area contributed by atoms with Crippen molar-refractivity contribution in [3.63, 3.8) is 0 Å². The lowest BCUT2D eigenvalue weighted by Gasteiger charge is -2.16. The van der Waals surface area contributed by atoms with Crippen LogP contribution in [0.3, 0.4) is 0 Å². The molecule has 0 aliphatic carbocycles. The average Bonchev–Trinajstić information content (AvgIpc) is 3.23. The van der Waals surface area contributed by atoms with Gasteiger partial charge in [0.15, 0.2) is 17.3 Å². The van der Waals surface area contributed by atoms with Gasteiger partial charge < -0.3 is 9.47 Å². The number of sulfonamides is 1. The Morgan fingerprint density at radius 2 is 1.72 bits per heavy atom. The fourth-order valence-corrected chi connectivity index (χ4v) is 4.59. The highest BCUT2D eigenvalue weighted by atomic mass is 32.2. The SMILES string of the molecule is COc1cc(C(C)=O)ccc1Oc1ccc(S(=O)(=O)N2CCCC2)cc1[N+](=O)[O-]. The van der Waals surface area contributed by atoms with Gasteiger partial charge >= 0.3 is 5.69 Å². The molecule has 29 heavy (non-hydrogen) atoms. The van der Waals surface area contributed by atoms with Crippen LogP contribution < -0.4 is 9.47 Å². The van der Waals surface area contributed by atoms with Gasteiger partial charge in [0.05, 0.1) is 16.9 Å². The van der Waals surface area contributed by atoms with Gasteiger partial charge in [0.25, 0.3) is 0 Å². The molecular formula is C19H20N2O7S. The summed E-state index contributed by atoms with van der Waals surface area (Å²) in [6.45, 7) is 2.20. The van der Waals surface area contributed by atoms with E-state index in [9.17, 15) is 23.3 Å². The van der Waals surface area contributed by atoms with Crippen LogP contribution >= 0.6 is 0 Å². The van der Waals surface area contributed by atoms with E-state index in [1.54, 1.807) is 0 Å². The van der Waals surface area contributed by atoms with Crippen molar-refractivity contribution in [2.45, 2.75) is 24.7 Å². The van der Waals surface area contributed by atoms with Gasteiger partial charge in [-0.2, -0.15) is 4.31 Å². The lowest BCUT2D eigenvalue weighted by molar-refractivity contribution is -0.385. The first-order chi connectivity index (χ1) is 13.7. The number of hydrogen-bond donors (Lipinski definition) is 0. The first-order valence-corrected chi connectivity index (χ1v) is 10.3. The van der Waals surface area contributed by atoms with E-state index < -0.39 is 20.6 Å². The molecule has 1 fully saturated rings. The summed E-state index contributed by atoms with van der Waals surface area (Å²) in [5.41, 5.74) is -0.0845. The minimum absolute atomic E-state index is 0.135. The number of benzene rings is 2. The van der Waals surface area contributed by atoms with E-state index in [1.165, 1.54) is 48.7 Å². The fraction of sp³-hybridized carbons (Fsp3) is 0.316. The van der Waals surface area contributed by atoms with Gasteiger partial charge in [-0.05, 0) is 50.1 Å². The number of nitro benzene ring substituents is 1. The molecule has 0 bridgehead atoms. The highest BCUT2D eigenvalue weighted by Crippen LogP contribution is 2.38. The smallest absolute Gasteiger partial charge is 0.312 e. The summed E-state index contributed by atoms with van der Waals surface area (Å²) in [6, 6.07) is 7.98. The second-order valence-corrected chi connectivity index (χ2v) is 8.46. The number of methoxy groups -OCH3 is 1. The summed E-state index contributed by atoms with van der Waals surface area (Å²) in [4.78, 5) is 22.2. The number of Topliss-reactive ketones (excluding diaryl/α,β-unsaturated/α-hetero) is 1. The molecule has 154 valence electrons. The third kappa shape index (κ3) is 4.22. The van der Waals surface area contributed by atoms with E-state index in [0.29, 0.717) is 18.7 Å². The standard InChI is InChI=1S/C19H20N2O7S/c1-13(22)14-5-7-18(19(11-14)27-2)28-17-8-6-15(12-16(17)21(23)24)29(25,26)20-9-3-4-10-20/h5-8,11-12H,3-4,9-10H2,1-2H3. The average molecular weight is 420 g/mol. The Morgan fingerprint density at radius 1 is 1.07 bits per heavy atom. The molecule has 0 aromatic heterocycles. The zero-order valence-electron chi connectivity index (χ0n) is 16.0. The number of carbonyl (C=O) groups excluding carboxylic acids is 1. The van der Waals surface area contributed by atoms with Crippen LogP contribution in [0.2, 0.25) is 0 Å². The molecule has 0 spiro atoms. The van der Waals surface area contributed by atoms with E-state index in [1.807, 2.05) is 0 Å². The monoisotopic (exact) mass is 420 g/mol. The molecule has 9 nitrogen and oxygen atoms in total. The van der Waals surface area contributed by atoms with Gasteiger partial charge in [0, 0.05) is 24.7 Å². The molecule has 2 aromatic carbocycles. The molecule has 3 rings (SSSR count). The van der Waals surface area contributed by atoms with Crippen molar-refractivity contribution in [1.29, 1.82) is 0 Å². The topological polar surface area (TPSA) is 116 Å². The molecule has 0 N–H and O–H groups in total. The lowest BCUT2D eigenvalue weighted by atomic mass is 10.1. The normalized spacial score (nSPS) is 14.6. The fourth-order valence-electron chi connectivity index (χ4n) is 3.05. The summed E-state index contributed by atoms with van der Waals surface area (Å²) >= 11 is 0. The molecule has 1 aliphatic heterocycles. The minimum Gasteiger partial charge on any atom is -0.493 e. The molecular weight excluding hydrogens is 400 g/mol.